The normalized spacial score (nSPS) is 11.0. The lowest BCUT2D eigenvalue weighted by molar-refractivity contribution is -0.111. The van der Waals surface area contributed by atoms with Gasteiger partial charge in [-0.25, -0.2) is 4.79 Å². The van der Waals surface area contributed by atoms with E-state index in [4.69, 9.17) is 14.2 Å². The van der Waals surface area contributed by atoms with Crippen molar-refractivity contribution in [1.29, 1.82) is 0 Å². The lowest BCUT2D eigenvalue weighted by atomic mass is 10.0. The van der Waals surface area contributed by atoms with E-state index in [1.54, 1.807) is 25.3 Å². The van der Waals surface area contributed by atoms with Gasteiger partial charge >= 0.3 is 5.97 Å². The van der Waals surface area contributed by atoms with Crippen LogP contribution in [0.5, 0.6) is 11.5 Å². The molecule has 1 heterocycles. The minimum Gasteiger partial charge on any atom is -0.493 e. The van der Waals surface area contributed by atoms with Gasteiger partial charge in [-0.1, -0.05) is 37.3 Å². The van der Waals surface area contributed by atoms with Gasteiger partial charge in [0.05, 0.1) is 20.3 Å². The number of ether oxygens (including phenoxy) is 3. The number of carbonyl (C=O) groups is 2. The van der Waals surface area contributed by atoms with Crippen molar-refractivity contribution in [2.45, 2.75) is 33.3 Å². The number of methoxy groups -OCH3 is 2. The number of amides is 1. The Morgan fingerprint density at radius 1 is 1.06 bits per heavy atom. The maximum Gasteiger partial charge on any atom is 0.341 e. The van der Waals surface area contributed by atoms with Gasteiger partial charge in [0, 0.05) is 17.0 Å². The van der Waals surface area contributed by atoms with E-state index >= 15 is 0 Å². The Morgan fingerprint density at radius 3 is 2.41 bits per heavy atom. The second-order valence-corrected chi connectivity index (χ2v) is 8.67. The van der Waals surface area contributed by atoms with E-state index in [1.165, 1.54) is 30.1 Å². The third-order valence-corrected chi connectivity index (χ3v) is 5.96. The zero-order chi connectivity index (χ0) is 24.7. The smallest absolute Gasteiger partial charge is 0.341 e. The van der Waals surface area contributed by atoms with Crippen LogP contribution in [0.2, 0.25) is 0 Å². The molecule has 0 bridgehead atoms. The van der Waals surface area contributed by atoms with Crippen molar-refractivity contribution in [2.24, 2.45) is 0 Å². The number of rotatable bonds is 9. The van der Waals surface area contributed by atoms with Gasteiger partial charge in [-0.3, -0.25) is 4.79 Å². The standard InChI is InChI=1S/C27H29NO5S/c1-6-18-7-11-20(12-8-18)21-16-34-26(25(21)27(30)32-5)28-24(29)14-10-19-9-13-22(33-17(2)3)23(15-19)31-4/h7-17H,6H2,1-5H3,(H,28,29)/b14-10+. The Hall–Kier alpha value is -3.58. The average molecular weight is 480 g/mol. The Bertz CT molecular complexity index is 1180. The van der Waals surface area contributed by atoms with E-state index in [-0.39, 0.29) is 12.0 Å². The zero-order valence-corrected chi connectivity index (χ0v) is 20.8. The van der Waals surface area contributed by atoms with Crippen molar-refractivity contribution in [2.75, 3.05) is 19.5 Å². The molecule has 1 N–H and O–H groups in total. The monoisotopic (exact) mass is 479 g/mol. The summed E-state index contributed by atoms with van der Waals surface area (Å²) in [6, 6.07) is 13.4. The molecule has 34 heavy (non-hydrogen) atoms. The van der Waals surface area contributed by atoms with Gasteiger partial charge in [-0.05, 0) is 55.2 Å². The molecule has 7 heteroatoms. The molecule has 0 saturated carbocycles. The first-order valence-corrected chi connectivity index (χ1v) is 11.9. The molecule has 3 rings (SSSR count). The van der Waals surface area contributed by atoms with Crippen molar-refractivity contribution < 1.29 is 23.8 Å². The van der Waals surface area contributed by atoms with Gasteiger partial charge in [0.1, 0.15) is 10.6 Å². The molecule has 0 radical (unpaired) electrons. The van der Waals surface area contributed by atoms with Crippen molar-refractivity contribution in [3.63, 3.8) is 0 Å². The predicted molar refractivity (Wildman–Crippen MR) is 137 cm³/mol. The number of carbonyl (C=O) groups excluding carboxylic acids is 2. The van der Waals surface area contributed by atoms with Crippen LogP contribution in [-0.4, -0.2) is 32.2 Å². The predicted octanol–water partition coefficient (Wildman–Crippen LogP) is 6.21. The fourth-order valence-electron chi connectivity index (χ4n) is 3.35. The summed E-state index contributed by atoms with van der Waals surface area (Å²) < 4.78 is 16.1. The highest BCUT2D eigenvalue weighted by Crippen LogP contribution is 2.36. The van der Waals surface area contributed by atoms with Crippen LogP contribution in [0, 0.1) is 0 Å². The summed E-state index contributed by atoms with van der Waals surface area (Å²) in [5, 5.41) is 5.10. The third-order valence-electron chi connectivity index (χ3n) is 5.07. The van der Waals surface area contributed by atoms with Gasteiger partial charge in [0.15, 0.2) is 11.5 Å². The minimum atomic E-state index is -0.499. The van der Waals surface area contributed by atoms with Gasteiger partial charge in [0.2, 0.25) is 5.91 Å². The van der Waals surface area contributed by atoms with E-state index in [9.17, 15) is 9.59 Å². The summed E-state index contributed by atoms with van der Waals surface area (Å²) in [6.07, 6.45) is 4.03. The topological polar surface area (TPSA) is 73.9 Å². The lowest BCUT2D eigenvalue weighted by Gasteiger charge is -2.13. The number of hydrogen-bond acceptors (Lipinski definition) is 6. The van der Waals surface area contributed by atoms with E-state index < -0.39 is 5.97 Å². The van der Waals surface area contributed by atoms with Crippen molar-refractivity contribution in [1.82, 2.24) is 0 Å². The van der Waals surface area contributed by atoms with E-state index in [2.05, 4.69) is 12.2 Å². The SMILES string of the molecule is CCc1ccc(-c2csc(NC(=O)/C=C/c3ccc(OC(C)C)c(OC)c3)c2C(=O)OC)cc1. The molecule has 0 unspecified atom stereocenters. The maximum atomic E-state index is 12.6. The van der Waals surface area contributed by atoms with E-state index in [1.807, 2.05) is 49.6 Å². The fourth-order valence-corrected chi connectivity index (χ4v) is 4.31. The van der Waals surface area contributed by atoms with Crippen LogP contribution in [0.15, 0.2) is 53.9 Å². The molecule has 0 aliphatic heterocycles. The highest BCUT2D eigenvalue weighted by molar-refractivity contribution is 7.15. The second kappa shape index (κ2) is 11.5. The first-order valence-electron chi connectivity index (χ1n) is 11.0. The molecule has 2 aromatic carbocycles. The first kappa shape index (κ1) is 25.1. The zero-order valence-electron chi connectivity index (χ0n) is 20.0. The fraction of sp³-hybridized carbons (Fsp3) is 0.259. The molecule has 0 saturated heterocycles. The second-order valence-electron chi connectivity index (χ2n) is 7.80. The molecular weight excluding hydrogens is 450 g/mol. The third kappa shape index (κ3) is 6.05. The highest BCUT2D eigenvalue weighted by Gasteiger charge is 2.22. The maximum absolute atomic E-state index is 12.6. The molecule has 0 aliphatic rings. The van der Waals surface area contributed by atoms with Crippen LogP contribution >= 0.6 is 11.3 Å². The van der Waals surface area contributed by atoms with Crippen LogP contribution in [0.1, 0.15) is 42.3 Å². The number of anilines is 1. The summed E-state index contributed by atoms with van der Waals surface area (Å²) >= 11 is 1.29. The number of thiophene rings is 1. The van der Waals surface area contributed by atoms with E-state index in [0.717, 1.165) is 23.1 Å². The Balaban J connectivity index is 1.81. The number of nitrogens with one attached hydrogen (secondary N) is 1. The van der Waals surface area contributed by atoms with Gasteiger partial charge in [-0.2, -0.15) is 0 Å². The van der Waals surface area contributed by atoms with Crippen molar-refractivity contribution >= 4 is 34.3 Å². The number of esters is 1. The Labute approximate surface area is 204 Å². The average Bonchev–Trinajstić information content (AvgIpc) is 3.25. The lowest BCUT2D eigenvalue weighted by Crippen LogP contribution is -2.11. The molecule has 3 aromatic rings. The molecule has 1 aromatic heterocycles. The van der Waals surface area contributed by atoms with Crippen LogP contribution < -0.4 is 14.8 Å². The van der Waals surface area contributed by atoms with Crippen molar-refractivity contribution in [3.05, 3.63) is 70.6 Å². The van der Waals surface area contributed by atoms with Gasteiger partial charge < -0.3 is 19.5 Å². The summed E-state index contributed by atoms with van der Waals surface area (Å²) in [7, 11) is 2.90. The van der Waals surface area contributed by atoms with Crippen molar-refractivity contribution in [3.8, 4) is 22.6 Å². The minimum absolute atomic E-state index is 0.0188. The van der Waals surface area contributed by atoms with E-state index in [0.29, 0.717) is 22.1 Å². The quantitative estimate of drug-likeness (QED) is 0.292. The molecule has 1 amide bonds. The molecule has 0 fully saturated rings. The largest absolute Gasteiger partial charge is 0.493 e. The van der Waals surface area contributed by atoms with Gasteiger partial charge in [-0.15, -0.1) is 11.3 Å². The Morgan fingerprint density at radius 2 is 1.79 bits per heavy atom. The molecule has 178 valence electrons. The molecule has 6 nitrogen and oxygen atoms in total. The number of benzene rings is 2. The molecule has 0 spiro atoms. The molecule has 0 atom stereocenters. The van der Waals surface area contributed by atoms with Crippen LogP contribution in [0.3, 0.4) is 0 Å². The van der Waals surface area contributed by atoms with Crippen LogP contribution in [0.4, 0.5) is 5.00 Å². The van der Waals surface area contributed by atoms with Crippen LogP contribution in [0.25, 0.3) is 17.2 Å². The number of aryl methyl sites for hydroxylation is 1. The summed E-state index contributed by atoms with van der Waals surface area (Å²) in [6.45, 7) is 5.97. The molecule has 0 aliphatic carbocycles. The van der Waals surface area contributed by atoms with Gasteiger partial charge in [0.25, 0.3) is 0 Å². The summed E-state index contributed by atoms with van der Waals surface area (Å²) in [4.78, 5) is 25.2. The first-order chi connectivity index (χ1) is 16.4. The summed E-state index contributed by atoms with van der Waals surface area (Å²) in [5.74, 6) is 0.364. The summed E-state index contributed by atoms with van der Waals surface area (Å²) in [5.41, 5.74) is 3.94. The highest BCUT2D eigenvalue weighted by atomic mass is 32.1. The number of hydrogen-bond donors (Lipinski definition) is 1. The van der Waals surface area contributed by atoms with Crippen LogP contribution in [-0.2, 0) is 16.0 Å². The Kier molecular flexibility index (Phi) is 8.49. The molecular formula is C27H29NO5S.